The highest BCUT2D eigenvalue weighted by Gasteiger charge is 2.33. The molecule has 1 atom stereocenters. The number of allylic oxidation sites excluding steroid dienone is 6. The molecule has 0 radical (unpaired) electrons. The highest BCUT2D eigenvalue weighted by atomic mass is 32.1. The molecule has 2 aliphatic rings. The van der Waals surface area contributed by atoms with Crippen molar-refractivity contribution in [1.29, 1.82) is 5.41 Å². The summed E-state index contributed by atoms with van der Waals surface area (Å²) in [5.41, 5.74) is 20.8. The molecule has 1 aliphatic carbocycles. The molecule has 0 saturated carbocycles. The zero-order valence-electron chi connectivity index (χ0n) is 39.2. The zero-order chi connectivity index (χ0) is 46.3. The van der Waals surface area contributed by atoms with Gasteiger partial charge in [0.15, 0.2) is 0 Å². The van der Waals surface area contributed by atoms with Crippen molar-refractivity contribution in [3.63, 3.8) is 0 Å². The van der Waals surface area contributed by atoms with Crippen LogP contribution in [-0.4, -0.2) is 37.1 Å². The van der Waals surface area contributed by atoms with E-state index in [1.165, 1.54) is 44.2 Å². The lowest BCUT2D eigenvalue weighted by Crippen LogP contribution is -2.38. The first-order valence-electron chi connectivity index (χ1n) is 22.7. The number of hydrogen-bond acceptors (Lipinski definition) is 7. The summed E-state index contributed by atoms with van der Waals surface area (Å²) in [5, 5.41) is 14.0. The first kappa shape index (κ1) is 47.8. The Morgan fingerprint density at radius 2 is 1.54 bits per heavy atom. The van der Waals surface area contributed by atoms with Gasteiger partial charge >= 0.3 is 0 Å². The van der Waals surface area contributed by atoms with Crippen LogP contribution in [-0.2, 0) is 0 Å². The number of thiol groups is 1. The van der Waals surface area contributed by atoms with Gasteiger partial charge in [-0.25, -0.2) is 4.98 Å². The molecule has 7 nitrogen and oxygen atoms in total. The van der Waals surface area contributed by atoms with Gasteiger partial charge in [0.2, 0.25) is 0 Å². The van der Waals surface area contributed by atoms with Crippen LogP contribution in [0.4, 0.5) is 5.69 Å². The van der Waals surface area contributed by atoms with Crippen molar-refractivity contribution >= 4 is 67.6 Å². The van der Waals surface area contributed by atoms with Gasteiger partial charge < -0.3 is 15.6 Å². The van der Waals surface area contributed by atoms with Crippen molar-refractivity contribution in [2.24, 2.45) is 0 Å². The van der Waals surface area contributed by atoms with Gasteiger partial charge in [-0.1, -0.05) is 94.5 Å². The van der Waals surface area contributed by atoms with E-state index >= 15 is 0 Å². The molecular weight excluding hydrogens is 859 g/mol. The minimum Gasteiger partial charge on any atom is -0.356 e. The maximum atomic E-state index is 8.40. The minimum atomic E-state index is -0.0901. The number of aryl methyl sites for hydroxylation is 2. The van der Waals surface area contributed by atoms with E-state index in [1.54, 1.807) is 17.5 Å². The molecule has 67 heavy (non-hydrogen) atoms. The Morgan fingerprint density at radius 1 is 0.791 bits per heavy atom. The second-order valence-electron chi connectivity index (χ2n) is 15.5. The molecule has 1 aliphatic heterocycles. The van der Waals surface area contributed by atoms with Gasteiger partial charge in [0.1, 0.15) is 5.01 Å². The molecule has 5 heterocycles. The number of thiazole rings is 1. The van der Waals surface area contributed by atoms with Gasteiger partial charge in [0.25, 0.3) is 0 Å². The number of rotatable bonds is 9. The molecule has 4 N–H and O–H groups in total. The third-order valence-electron chi connectivity index (χ3n) is 11.8. The number of nitrogens with one attached hydrogen (secondary N) is 1. The summed E-state index contributed by atoms with van der Waals surface area (Å²) in [5.74, 6) is 0. The van der Waals surface area contributed by atoms with E-state index in [0.29, 0.717) is 6.54 Å². The molecule has 0 amide bonds. The van der Waals surface area contributed by atoms with Crippen molar-refractivity contribution in [3.05, 3.63) is 203 Å². The number of hydrogen-bond donors (Lipinski definition) is 3. The third kappa shape index (κ3) is 9.07. The van der Waals surface area contributed by atoms with Gasteiger partial charge in [0, 0.05) is 98.4 Å². The summed E-state index contributed by atoms with van der Waals surface area (Å²) in [6.07, 6.45) is 26.6. The zero-order valence-corrected chi connectivity index (χ0v) is 41.0. The van der Waals surface area contributed by atoms with Crippen LogP contribution >= 0.6 is 24.0 Å². The summed E-state index contributed by atoms with van der Waals surface area (Å²) in [6.45, 7) is 15.1. The van der Waals surface area contributed by atoms with Gasteiger partial charge in [-0.3, -0.25) is 15.4 Å². The first-order chi connectivity index (χ1) is 32.4. The topological polar surface area (TPSA) is 106 Å². The van der Waals surface area contributed by atoms with Gasteiger partial charge in [0.05, 0.1) is 22.1 Å². The highest BCUT2D eigenvalue weighted by molar-refractivity contribution is 7.97. The largest absolute Gasteiger partial charge is 0.356 e. The number of aromatic nitrogens is 4. The Kier molecular flexibility index (Phi) is 15.3. The van der Waals surface area contributed by atoms with Crippen LogP contribution in [0.5, 0.6) is 0 Å². The Balaban J connectivity index is 0.00000130. The monoisotopic (exact) mass is 915 g/mol. The summed E-state index contributed by atoms with van der Waals surface area (Å²) >= 11 is 6.08. The molecule has 1 unspecified atom stereocenters. The quantitative estimate of drug-likeness (QED) is 0.0440. The van der Waals surface area contributed by atoms with E-state index in [0.717, 1.165) is 60.8 Å². The third-order valence-corrected chi connectivity index (χ3v) is 12.9. The van der Waals surface area contributed by atoms with Crippen molar-refractivity contribution < 1.29 is 0 Å². The minimum absolute atomic E-state index is 0. The summed E-state index contributed by atoms with van der Waals surface area (Å²) < 4.78 is 2.47. The average Bonchev–Trinajstić information content (AvgIpc) is 3.97. The summed E-state index contributed by atoms with van der Waals surface area (Å²) in [6, 6.07) is 30.5. The predicted octanol–water partition coefficient (Wildman–Crippen LogP) is 15.6. The van der Waals surface area contributed by atoms with Crippen LogP contribution in [0.3, 0.4) is 0 Å². The van der Waals surface area contributed by atoms with Crippen molar-refractivity contribution in [1.82, 2.24) is 25.7 Å². The van der Waals surface area contributed by atoms with Gasteiger partial charge in [-0.05, 0) is 121 Å². The average molecular weight is 916 g/mol. The molecule has 336 valence electrons. The molecule has 9 heteroatoms. The van der Waals surface area contributed by atoms with Crippen LogP contribution in [0.25, 0.3) is 71.5 Å². The molecule has 0 spiro atoms. The summed E-state index contributed by atoms with van der Waals surface area (Å²) in [4.78, 5) is 16.2. The second kappa shape index (κ2) is 21.5. The maximum absolute atomic E-state index is 8.40. The van der Waals surface area contributed by atoms with Crippen LogP contribution < -0.4 is 11.1 Å². The SMILES string of the molecule is CC.CC.CC=C=C/C=C\CN1c2c(C)cc(-c3cnccc3C(=N)S)cc2C2=CC1C(c1cccc3c4cc(-c5cnccc5-c5nccs5)cc(C)c4n(-c4ccccc4)c13)=CC=C2.N. The maximum Gasteiger partial charge on any atom is 0.123 e. The van der Waals surface area contributed by atoms with Crippen LogP contribution in [0, 0.1) is 19.3 Å². The van der Waals surface area contributed by atoms with Gasteiger partial charge in [-0.2, -0.15) is 0 Å². The lowest BCUT2D eigenvalue weighted by molar-refractivity contribution is 0.842. The number of pyridine rings is 2. The Bertz CT molecular complexity index is 3270. The highest BCUT2D eigenvalue weighted by Crippen LogP contribution is 2.47. The van der Waals surface area contributed by atoms with E-state index in [1.807, 2.05) is 83.0 Å². The fourth-order valence-electron chi connectivity index (χ4n) is 9.25. The lowest BCUT2D eigenvalue weighted by atomic mass is 9.86. The molecule has 4 aromatic carbocycles. The van der Waals surface area contributed by atoms with E-state index in [4.69, 9.17) is 5.41 Å². The number of nitrogens with zero attached hydrogens (tertiary/aromatic N) is 5. The fraction of sp³-hybridized carbons (Fsp3) is 0.155. The standard InChI is InChI=1S/C54H42N6S2.2C2H6.H3N/c1-4-5-6-7-11-25-59-49-31-36(45-29-37(27-34(2)50(45)59)47-32-56-22-20-43(47)53(55)61)14-12-17-40(49)41-18-13-19-42-46-30-38(48-33-57-23-21-44(48)54-58-24-26-62-54)28-35(3)51(46)60(52(41)42)39-15-9-8-10-16-39;2*1-2;/h4,6-24,26-33,49H,25H2,1-3H3,(H2,55,61);2*1-2H3;1H3/b11-7-;;;. The van der Waals surface area contributed by atoms with E-state index < -0.39 is 0 Å². The van der Waals surface area contributed by atoms with Gasteiger partial charge in [-0.15, -0.1) is 29.7 Å². The van der Waals surface area contributed by atoms with Crippen LogP contribution in [0.2, 0.25) is 0 Å². The molecule has 8 aromatic rings. The normalized spacial score (nSPS) is 13.5. The number of fused-ring (bicyclic) bond motifs is 6. The summed E-state index contributed by atoms with van der Waals surface area (Å²) in [7, 11) is 0. The number of para-hydroxylation sites is 2. The number of benzene rings is 4. The molecule has 0 saturated heterocycles. The Hall–Kier alpha value is -7.13. The predicted molar refractivity (Wildman–Crippen MR) is 291 cm³/mol. The lowest BCUT2D eigenvalue weighted by Gasteiger charge is -2.39. The second-order valence-corrected chi connectivity index (χ2v) is 16.9. The molecule has 10 rings (SSSR count). The molecule has 0 fully saturated rings. The van der Waals surface area contributed by atoms with E-state index in [-0.39, 0.29) is 17.2 Å². The fourth-order valence-corrected chi connectivity index (χ4v) is 10.1. The molecule has 4 aromatic heterocycles. The van der Waals surface area contributed by atoms with Crippen molar-refractivity contribution in [2.75, 3.05) is 11.4 Å². The van der Waals surface area contributed by atoms with E-state index in [9.17, 15) is 0 Å². The van der Waals surface area contributed by atoms with Crippen molar-refractivity contribution in [2.45, 2.75) is 54.5 Å². The van der Waals surface area contributed by atoms with Crippen LogP contribution in [0.1, 0.15) is 62.4 Å². The molecule has 2 bridgehead atoms. The number of anilines is 1. The molecular formula is C58H57N7S2. The van der Waals surface area contributed by atoms with Crippen molar-refractivity contribution in [3.8, 4) is 38.5 Å². The van der Waals surface area contributed by atoms with Crippen LogP contribution in [0.15, 0.2) is 176 Å². The first-order valence-corrected chi connectivity index (χ1v) is 24.0. The Morgan fingerprint density at radius 3 is 2.28 bits per heavy atom. The van der Waals surface area contributed by atoms with E-state index in [2.05, 4.69) is 172 Å². The Labute approximate surface area is 404 Å². The smallest absolute Gasteiger partial charge is 0.123 e.